The van der Waals surface area contributed by atoms with Crippen molar-refractivity contribution in [3.05, 3.63) is 0 Å². The third-order valence-corrected chi connectivity index (χ3v) is 5.45. The third kappa shape index (κ3) is 2.35. The fourth-order valence-corrected chi connectivity index (χ4v) is 3.89. The van der Waals surface area contributed by atoms with Crippen LogP contribution < -0.4 is 0 Å². The normalized spacial score (nSPS) is 38.0. The molecule has 0 heterocycles. The molecule has 0 aliphatic heterocycles. The molecule has 0 radical (unpaired) electrons. The smallest absolute Gasteiger partial charge is 0.0282 e. The van der Waals surface area contributed by atoms with Gasteiger partial charge in [-0.1, -0.05) is 20.8 Å². The lowest BCUT2D eigenvalue weighted by Gasteiger charge is -2.43. The van der Waals surface area contributed by atoms with E-state index in [-0.39, 0.29) is 0 Å². The van der Waals surface area contributed by atoms with Crippen LogP contribution in [0.25, 0.3) is 0 Å². The molecule has 0 aromatic carbocycles. The summed E-state index contributed by atoms with van der Waals surface area (Å²) in [5.41, 5.74) is 1.05. The van der Waals surface area contributed by atoms with Crippen molar-refractivity contribution in [1.82, 2.24) is 0 Å². The summed E-state index contributed by atoms with van der Waals surface area (Å²) in [5, 5.41) is 0. The molecule has 15 heavy (non-hydrogen) atoms. The third-order valence-electron chi connectivity index (χ3n) is 4.92. The molecule has 2 rings (SSSR count). The van der Waals surface area contributed by atoms with E-state index < -0.39 is 0 Å². The Hall–Kier alpha value is 0.290. The van der Waals surface area contributed by atoms with Crippen molar-refractivity contribution in [2.24, 2.45) is 22.7 Å². The van der Waals surface area contributed by atoms with E-state index in [0.717, 1.165) is 17.7 Å². The molecule has 2 aliphatic rings. The number of halogens is 1. The molecule has 0 aromatic rings. The van der Waals surface area contributed by atoms with Crippen LogP contribution in [0.5, 0.6) is 0 Å². The quantitative estimate of drug-likeness (QED) is 0.593. The molecule has 2 aliphatic carbocycles. The molecule has 2 fully saturated rings. The van der Waals surface area contributed by atoms with Gasteiger partial charge in [0.2, 0.25) is 0 Å². The van der Waals surface area contributed by atoms with Gasteiger partial charge in [0.05, 0.1) is 0 Å². The van der Waals surface area contributed by atoms with E-state index in [2.05, 4.69) is 20.8 Å². The van der Waals surface area contributed by atoms with Gasteiger partial charge in [-0.3, -0.25) is 0 Å². The standard InChI is InChI=1S/C14H25Cl/c1-13(2,3)11-6-8-14(10-15,9-7-11)12-4-5-12/h11-12H,4-10H2,1-3H3. The Labute approximate surface area is 99.8 Å². The first-order valence-electron chi connectivity index (χ1n) is 6.54. The summed E-state index contributed by atoms with van der Waals surface area (Å²) in [5.74, 6) is 2.82. The van der Waals surface area contributed by atoms with Gasteiger partial charge in [0.1, 0.15) is 0 Å². The Balaban J connectivity index is 1.95. The van der Waals surface area contributed by atoms with Crippen molar-refractivity contribution < 1.29 is 0 Å². The maximum absolute atomic E-state index is 6.23. The second-order valence-corrected chi connectivity index (χ2v) is 7.18. The van der Waals surface area contributed by atoms with E-state index in [9.17, 15) is 0 Å². The second-order valence-electron chi connectivity index (χ2n) is 6.91. The summed E-state index contributed by atoms with van der Waals surface area (Å²) in [6.07, 6.45) is 8.51. The molecule has 0 unspecified atom stereocenters. The van der Waals surface area contributed by atoms with Gasteiger partial charge >= 0.3 is 0 Å². The lowest BCUT2D eigenvalue weighted by Crippen LogP contribution is -2.35. The average Bonchev–Trinajstić information content (AvgIpc) is 3.00. The topological polar surface area (TPSA) is 0 Å². The molecule has 2 saturated carbocycles. The van der Waals surface area contributed by atoms with E-state index in [1.54, 1.807) is 0 Å². The van der Waals surface area contributed by atoms with E-state index in [4.69, 9.17) is 11.6 Å². The monoisotopic (exact) mass is 228 g/mol. The molecule has 1 heteroatoms. The van der Waals surface area contributed by atoms with E-state index in [1.807, 2.05) is 0 Å². The van der Waals surface area contributed by atoms with Crippen LogP contribution in [0.15, 0.2) is 0 Å². The minimum atomic E-state index is 0.502. The zero-order chi connectivity index (χ0) is 11.1. The van der Waals surface area contributed by atoms with Crippen LogP contribution in [0.1, 0.15) is 59.3 Å². The highest BCUT2D eigenvalue weighted by molar-refractivity contribution is 6.18. The first-order valence-corrected chi connectivity index (χ1v) is 7.07. The summed E-state index contributed by atoms with van der Waals surface area (Å²) < 4.78 is 0. The maximum Gasteiger partial charge on any atom is 0.0282 e. The molecule has 0 bridgehead atoms. The van der Waals surface area contributed by atoms with Crippen LogP contribution in [-0.4, -0.2) is 5.88 Å². The molecular formula is C14H25Cl. The van der Waals surface area contributed by atoms with Gasteiger partial charge in [-0.25, -0.2) is 0 Å². The zero-order valence-corrected chi connectivity index (χ0v) is 11.2. The van der Waals surface area contributed by atoms with Gasteiger partial charge in [0, 0.05) is 5.88 Å². The van der Waals surface area contributed by atoms with Crippen molar-refractivity contribution in [1.29, 1.82) is 0 Å². The van der Waals surface area contributed by atoms with Crippen molar-refractivity contribution in [3.8, 4) is 0 Å². The first-order chi connectivity index (χ1) is 6.98. The van der Waals surface area contributed by atoms with Gasteiger partial charge in [0.15, 0.2) is 0 Å². The minimum absolute atomic E-state index is 0.502. The fraction of sp³-hybridized carbons (Fsp3) is 1.00. The highest BCUT2D eigenvalue weighted by Gasteiger charge is 2.47. The summed E-state index contributed by atoms with van der Waals surface area (Å²) in [7, 11) is 0. The molecule has 0 nitrogen and oxygen atoms in total. The molecule has 0 atom stereocenters. The largest absolute Gasteiger partial charge is 0.126 e. The van der Waals surface area contributed by atoms with E-state index in [1.165, 1.54) is 38.5 Å². The summed E-state index contributed by atoms with van der Waals surface area (Å²) in [6, 6.07) is 0. The Morgan fingerprint density at radius 2 is 1.60 bits per heavy atom. The molecular weight excluding hydrogens is 204 g/mol. The Morgan fingerprint density at radius 1 is 1.07 bits per heavy atom. The van der Waals surface area contributed by atoms with Gasteiger partial charge < -0.3 is 0 Å². The van der Waals surface area contributed by atoms with Crippen LogP contribution in [-0.2, 0) is 0 Å². The van der Waals surface area contributed by atoms with Crippen LogP contribution in [0, 0.1) is 22.7 Å². The molecule has 0 aromatic heterocycles. The number of hydrogen-bond donors (Lipinski definition) is 0. The van der Waals surface area contributed by atoms with Gasteiger partial charge in [-0.2, -0.15) is 0 Å². The number of alkyl halides is 1. The van der Waals surface area contributed by atoms with Crippen molar-refractivity contribution >= 4 is 11.6 Å². The lowest BCUT2D eigenvalue weighted by atomic mass is 9.63. The summed E-state index contributed by atoms with van der Waals surface area (Å²) in [6.45, 7) is 7.17. The fourth-order valence-electron chi connectivity index (χ4n) is 3.41. The Morgan fingerprint density at radius 3 is 1.93 bits per heavy atom. The maximum atomic E-state index is 6.23. The first kappa shape index (κ1) is 11.8. The van der Waals surface area contributed by atoms with E-state index >= 15 is 0 Å². The van der Waals surface area contributed by atoms with Gasteiger partial charge in [0.25, 0.3) is 0 Å². The molecule has 88 valence electrons. The Bertz CT molecular complexity index is 214. The van der Waals surface area contributed by atoms with Crippen LogP contribution in [0.2, 0.25) is 0 Å². The molecule has 0 spiro atoms. The van der Waals surface area contributed by atoms with Gasteiger partial charge in [-0.05, 0) is 61.2 Å². The number of hydrogen-bond acceptors (Lipinski definition) is 0. The average molecular weight is 229 g/mol. The highest BCUT2D eigenvalue weighted by atomic mass is 35.5. The highest BCUT2D eigenvalue weighted by Crippen LogP contribution is 2.56. The van der Waals surface area contributed by atoms with E-state index in [0.29, 0.717) is 10.8 Å². The predicted molar refractivity (Wildman–Crippen MR) is 67.3 cm³/mol. The zero-order valence-electron chi connectivity index (χ0n) is 10.5. The minimum Gasteiger partial charge on any atom is -0.126 e. The van der Waals surface area contributed by atoms with Crippen molar-refractivity contribution in [2.75, 3.05) is 5.88 Å². The second kappa shape index (κ2) is 3.95. The molecule has 0 amide bonds. The van der Waals surface area contributed by atoms with Gasteiger partial charge in [-0.15, -0.1) is 11.6 Å². The summed E-state index contributed by atoms with van der Waals surface area (Å²) in [4.78, 5) is 0. The van der Waals surface area contributed by atoms with Crippen molar-refractivity contribution in [2.45, 2.75) is 59.3 Å². The SMILES string of the molecule is CC(C)(C)C1CCC(CCl)(C2CC2)CC1. The number of rotatable bonds is 2. The van der Waals surface area contributed by atoms with Crippen molar-refractivity contribution in [3.63, 3.8) is 0 Å². The van der Waals surface area contributed by atoms with Crippen LogP contribution in [0.3, 0.4) is 0 Å². The lowest BCUT2D eigenvalue weighted by molar-refractivity contribution is 0.0867. The molecule has 0 saturated heterocycles. The molecule has 0 N–H and O–H groups in total. The summed E-state index contributed by atoms with van der Waals surface area (Å²) >= 11 is 6.23. The van der Waals surface area contributed by atoms with Crippen LogP contribution >= 0.6 is 11.6 Å². The van der Waals surface area contributed by atoms with Crippen LogP contribution in [0.4, 0.5) is 0 Å². The Kier molecular flexibility index (Phi) is 3.10. The predicted octanol–water partition coefficient (Wildman–Crippen LogP) is 4.86.